The van der Waals surface area contributed by atoms with Crippen LogP contribution in [0.4, 0.5) is 9.59 Å². The molecule has 3 rings (SSSR count). The standard InChI is InChI=1S/C17H19N3O6/c21-14-12(18-16(24)26-10-11-5-2-1-3-6-11)9-20(14)17(25)19-8-4-7-13(19)15(22)23/h1-3,5-6,12-13H,4,7-10H2,(H,18,24)(H,22,23)/t12?,13-/m0/s1. The van der Waals surface area contributed by atoms with Gasteiger partial charge in [0.2, 0.25) is 0 Å². The number of carboxylic acid groups (broad SMARTS) is 1. The molecular weight excluding hydrogens is 342 g/mol. The van der Waals surface area contributed by atoms with E-state index in [9.17, 15) is 19.2 Å². The van der Waals surface area contributed by atoms with E-state index < -0.39 is 36.1 Å². The van der Waals surface area contributed by atoms with Gasteiger partial charge in [0, 0.05) is 6.54 Å². The number of rotatable bonds is 4. The van der Waals surface area contributed by atoms with Gasteiger partial charge in [-0.1, -0.05) is 30.3 Å². The fourth-order valence-electron chi connectivity index (χ4n) is 3.02. The summed E-state index contributed by atoms with van der Waals surface area (Å²) in [4.78, 5) is 49.5. The number of carboxylic acids is 1. The van der Waals surface area contributed by atoms with Gasteiger partial charge in [-0.15, -0.1) is 0 Å². The highest BCUT2D eigenvalue weighted by atomic mass is 16.5. The summed E-state index contributed by atoms with van der Waals surface area (Å²) in [7, 11) is 0. The first-order valence-corrected chi connectivity index (χ1v) is 8.29. The van der Waals surface area contributed by atoms with Crippen molar-refractivity contribution in [2.75, 3.05) is 13.1 Å². The van der Waals surface area contributed by atoms with Crippen molar-refractivity contribution in [1.82, 2.24) is 15.1 Å². The minimum atomic E-state index is -1.08. The first-order valence-electron chi connectivity index (χ1n) is 8.29. The number of hydrogen-bond acceptors (Lipinski definition) is 5. The van der Waals surface area contributed by atoms with E-state index in [-0.39, 0.29) is 13.2 Å². The van der Waals surface area contributed by atoms with Gasteiger partial charge in [0.05, 0.1) is 6.54 Å². The number of ether oxygens (including phenoxy) is 1. The van der Waals surface area contributed by atoms with Gasteiger partial charge in [0.15, 0.2) is 0 Å². The van der Waals surface area contributed by atoms with E-state index in [1.165, 1.54) is 4.90 Å². The molecule has 2 atom stereocenters. The highest BCUT2D eigenvalue weighted by Crippen LogP contribution is 2.22. The Morgan fingerprint density at radius 2 is 1.96 bits per heavy atom. The fourth-order valence-corrected chi connectivity index (χ4v) is 3.02. The largest absolute Gasteiger partial charge is 0.480 e. The van der Waals surface area contributed by atoms with E-state index in [4.69, 9.17) is 9.84 Å². The number of nitrogens with zero attached hydrogens (tertiary/aromatic N) is 2. The van der Waals surface area contributed by atoms with E-state index >= 15 is 0 Å². The van der Waals surface area contributed by atoms with Crippen molar-refractivity contribution in [1.29, 1.82) is 0 Å². The second kappa shape index (κ2) is 7.42. The van der Waals surface area contributed by atoms with Crippen LogP contribution in [0.1, 0.15) is 18.4 Å². The SMILES string of the molecule is O=C(NC1CN(C(=O)N2CCC[C@H]2C(=O)O)C1=O)OCc1ccccc1. The third kappa shape index (κ3) is 3.61. The van der Waals surface area contributed by atoms with Crippen LogP contribution in [-0.2, 0) is 20.9 Å². The van der Waals surface area contributed by atoms with Crippen LogP contribution in [0.15, 0.2) is 30.3 Å². The zero-order valence-corrected chi connectivity index (χ0v) is 14.0. The number of urea groups is 1. The van der Waals surface area contributed by atoms with Crippen LogP contribution < -0.4 is 5.32 Å². The summed E-state index contributed by atoms with van der Waals surface area (Å²) in [6.45, 7) is 0.377. The fraction of sp³-hybridized carbons (Fsp3) is 0.412. The van der Waals surface area contributed by atoms with Gasteiger partial charge < -0.3 is 20.1 Å². The Morgan fingerprint density at radius 1 is 1.23 bits per heavy atom. The number of nitrogens with one attached hydrogen (secondary N) is 1. The molecule has 9 heteroatoms. The second-order valence-corrected chi connectivity index (χ2v) is 6.18. The van der Waals surface area contributed by atoms with Crippen LogP contribution in [0.25, 0.3) is 0 Å². The summed E-state index contributed by atoms with van der Waals surface area (Å²) >= 11 is 0. The minimum Gasteiger partial charge on any atom is -0.480 e. The van der Waals surface area contributed by atoms with Gasteiger partial charge in [-0.05, 0) is 18.4 Å². The topological polar surface area (TPSA) is 116 Å². The van der Waals surface area contributed by atoms with Crippen molar-refractivity contribution in [3.63, 3.8) is 0 Å². The van der Waals surface area contributed by atoms with Gasteiger partial charge in [-0.3, -0.25) is 9.69 Å². The predicted octanol–water partition coefficient (Wildman–Crippen LogP) is 0.793. The molecule has 1 aromatic carbocycles. The molecular formula is C17H19N3O6. The number of alkyl carbamates (subject to hydrolysis) is 1. The maximum absolute atomic E-state index is 12.3. The number of carbonyl (C=O) groups excluding carboxylic acids is 3. The molecule has 2 aliphatic heterocycles. The van der Waals surface area contributed by atoms with Crippen molar-refractivity contribution < 1.29 is 29.0 Å². The summed E-state index contributed by atoms with van der Waals surface area (Å²) in [5.41, 5.74) is 0.813. The molecule has 2 N–H and O–H groups in total. The molecule has 0 aromatic heterocycles. The number of benzene rings is 1. The molecule has 138 valence electrons. The number of likely N-dealkylation sites (tertiary alicyclic amines) is 2. The Kier molecular flexibility index (Phi) is 5.06. The molecule has 1 unspecified atom stereocenters. The van der Waals surface area contributed by atoms with Crippen molar-refractivity contribution in [3.05, 3.63) is 35.9 Å². The van der Waals surface area contributed by atoms with E-state index in [0.717, 1.165) is 10.5 Å². The van der Waals surface area contributed by atoms with Crippen molar-refractivity contribution in [2.45, 2.75) is 31.5 Å². The monoisotopic (exact) mass is 361 g/mol. The molecule has 0 aliphatic carbocycles. The van der Waals surface area contributed by atoms with Crippen LogP contribution >= 0.6 is 0 Å². The molecule has 0 spiro atoms. The third-order valence-corrected chi connectivity index (χ3v) is 4.45. The molecule has 0 saturated carbocycles. The molecule has 2 heterocycles. The van der Waals surface area contributed by atoms with E-state index in [0.29, 0.717) is 19.4 Å². The Morgan fingerprint density at radius 3 is 2.62 bits per heavy atom. The van der Waals surface area contributed by atoms with Crippen LogP contribution in [0, 0.1) is 0 Å². The van der Waals surface area contributed by atoms with E-state index in [1.54, 1.807) is 12.1 Å². The lowest BCUT2D eigenvalue weighted by Gasteiger charge is -2.39. The molecule has 0 bridgehead atoms. The van der Waals surface area contributed by atoms with Gasteiger partial charge in [0.25, 0.3) is 5.91 Å². The maximum Gasteiger partial charge on any atom is 0.408 e. The van der Waals surface area contributed by atoms with Gasteiger partial charge >= 0.3 is 18.1 Å². The first-order chi connectivity index (χ1) is 12.5. The zero-order chi connectivity index (χ0) is 18.7. The maximum atomic E-state index is 12.3. The number of aliphatic carboxylic acids is 1. The van der Waals surface area contributed by atoms with Crippen LogP contribution in [-0.4, -0.2) is 64.1 Å². The van der Waals surface area contributed by atoms with Crippen LogP contribution in [0.2, 0.25) is 0 Å². The molecule has 26 heavy (non-hydrogen) atoms. The number of hydrogen-bond donors (Lipinski definition) is 2. The molecule has 4 amide bonds. The summed E-state index contributed by atoms with van der Waals surface area (Å²) in [6.07, 6.45) is 0.207. The first kappa shape index (κ1) is 17.7. The lowest BCUT2D eigenvalue weighted by atomic mass is 10.1. The second-order valence-electron chi connectivity index (χ2n) is 6.18. The van der Waals surface area contributed by atoms with Gasteiger partial charge in [-0.25, -0.2) is 14.4 Å². The summed E-state index contributed by atoms with van der Waals surface area (Å²) in [5, 5.41) is 11.5. The Balaban J connectivity index is 1.47. The summed E-state index contributed by atoms with van der Waals surface area (Å²) in [5.74, 6) is -1.65. The molecule has 0 radical (unpaired) electrons. The highest BCUT2D eigenvalue weighted by molar-refractivity contribution is 6.04. The minimum absolute atomic E-state index is 0.000935. The highest BCUT2D eigenvalue weighted by Gasteiger charge is 2.46. The lowest BCUT2D eigenvalue weighted by molar-refractivity contribution is -0.144. The predicted molar refractivity (Wildman–Crippen MR) is 88.0 cm³/mol. The van der Waals surface area contributed by atoms with E-state index in [2.05, 4.69) is 5.32 Å². The smallest absolute Gasteiger partial charge is 0.408 e. The Labute approximate surface area is 149 Å². The van der Waals surface area contributed by atoms with Crippen LogP contribution in [0.3, 0.4) is 0 Å². The van der Waals surface area contributed by atoms with E-state index in [1.807, 2.05) is 18.2 Å². The average molecular weight is 361 g/mol. The third-order valence-electron chi connectivity index (χ3n) is 4.45. The molecule has 9 nitrogen and oxygen atoms in total. The van der Waals surface area contributed by atoms with Crippen molar-refractivity contribution >= 4 is 24.0 Å². The molecule has 1 aromatic rings. The Hall–Kier alpha value is -3.10. The van der Waals surface area contributed by atoms with Crippen molar-refractivity contribution in [3.8, 4) is 0 Å². The number of amides is 4. The summed E-state index contributed by atoms with van der Waals surface area (Å²) in [6, 6.07) is 6.71. The molecule has 2 saturated heterocycles. The van der Waals surface area contributed by atoms with Crippen LogP contribution in [0.5, 0.6) is 0 Å². The normalized spacial score (nSPS) is 21.9. The molecule has 2 aliphatic rings. The number of imide groups is 1. The Bertz CT molecular complexity index is 722. The van der Waals surface area contributed by atoms with Crippen molar-refractivity contribution in [2.24, 2.45) is 0 Å². The quantitative estimate of drug-likeness (QED) is 0.766. The molecule has 2 fully saturated rings. The zero-order valence-electron chi connectivity index (χ0n) is 14.0. The van der Waals surface area contributed by atoms with Gasteiger partial charge in [0.1, 0.15) is 18.7 Å². The lowest BCUT2D eigenvalue weighted by Crippen LogP contribution is -2.68. The number of β-lactam (4-membered cyclic amide) rings is 1. The summed E-state index contributed by atoms with van der Waals surface area (Å²) < 4.78 is 5.03. The number of carbonyl (C=O) groups is 4. The average Bonchev–Trinajstić information content (AvgIpc) is 3.13. The van der Waals surface area contributed by atoms with Gasteiger partial charge in [-0.2, -0.15) is 0 Å².